The van der Waals surface area contributed by atoms with Crippen LogP contribution in [0.1, 0.15) is 70.3 Å². The molecular weight excluding hydrogens is 344 g/mol. The predicted molar refractivity (Wildman–Crippen MR) is 104 cm³/mol. The molecule has 5 heteroatoms. The molecule has 2 rings (SSSR count). The summed E-state index contributed by atoms with van der Waals surface area (Å²) in [7, 11) is 0. The maximum Gasteiger partial charge on any atom is 0.321 e. The molecule has 1 aromatic rings. The second-order valence-corrected chi connectivity index (χ2v) is 7.75. The zero-order chi connectivity index (χ0) is 19.7. The number of unbranched alkanes of at least 4 members (excludes halogenated alkanes) is 4. The van der Waals surface area contributed by atoms with Gasteiger partial charge in [0.15, 0.2) is 5.41 Å². The fourth-order valence-corrected chi connectivity index (χ4v) is 3.40. The fourth-order valence-electron chi connectivity index (χ4n) is 3.40. The lowest BCUT2D eigenvalue weighted by atomic mass is 9.77. The Balaban J connectivity index is 1.83. The van der Waals surface area contributed by atoms with Gasteiger partial charge in [-0.3, -0.25) is 9.59 Å². The van der Waals surface area contributed by atoms with Crippen molar-refractivity contribution >= 4 is 11.9 Å². The Morgan fingerprint density at radius 2 is 1.67 bits per heavy atom. The van der Waals surface area contributed by atoms with E-state index in [0.717, 1.165) is 30.6 Å². The molecule has 0 atom stereocenters. The van der Waals surface area contributed by atoms with Gasteiger partial charge in [-0.15, -0.1) is 0 Å². The molecule has 27 heavy (non-hydrogen) atoms. The molecule has 150 valence electrons. The highest BCUT2D eigenvalue weighted by Crippen LogP contribution is 2.43. The summed E-state index contributed by atoms with van der Waals surface area (Å²) >= 11 is 0. The van der Waals surface area contributed by atoms with Crippen molar-refractivity contribution in [2.45, 2.75) is 71.1 Å². The number of aliphatic carboxylic acids is 2. The van der Waals surface area contributed by atoms with Crippen LogP contribution in [0.3, 0.4) is 0 Å². The molecule has 1 aliphatic rings. The summed E-state index contributed by atoms with van der Waals surface area (Å²) in [6.45, 7) is 2.90. The molecule has 0 saturated heterocycles. The van der Waals surface area contributed by atoms with Crippen LogP contribution < -0.4 is 4.74 Å². The van der Waals surface area contributed by atoms with E-state index in [1.54, 1.807) is 0 Å². The molecule has 0 heterocycles. The normalized spacial score (nSPS) is 14.1. The van der Waals surface area contributed by atoms with Crippen LogP contribution in [0.5, 0.6) is 5.75 Å². The molecule has 5 nitrogen and oxygen atoms in total. The Morgan fingerprint density at radius 1 is 1.04 bits per heavy atom. The minimum absolute atomic E-state index is 0.117. The van der Waals surface area contributed by atoms with Crippen LogP contribution in [0, 0.1) is 11.3 Å². The molecule has 2 N–H and O–H groups in total. The number of hydrogen-bond donors (Lipinski definition) is 2. The van der Waals surface area contributed by atoms with Gasteiger partial charge in [0.05, 0.1) is 6.61 Å². The van der Waals surface area contributed by atoms with Gasteiger partial charge in [-0.05, 0) is 49.3 Å². The van der Waals surface area contributed by atoms with Gasteiger partial charge in [-0.25, -0.2) is 0 Å². The fraction of sp³-hybridized carbons (Fsp3) is 0.636. The van der Waals surface area contributed by atoms with E-state index in [4.69, 9.17) is 4.74 Å². The number of carboxylic acid groups (broad SMARTS) is 2. The lowest BCUT2D eigenvalue weighted by molar-refractivity contribution is -0.166. The SMILES string of the molecule is CCCCCCCOc1ccc(CCC(CC2CC2)(C(=O)O)C(=O)O)cc1. The zero-order valence-electron chi connectivity index (χ0n) is 16.3. The molecule has 1 saturated carbocycles. The topological polar surface area (TPSA) is 83.8 Å². The number of carboxylic acids is 2. The highest BCUT2D eigenvalue weighted by Gasteiger charge is 2.49. The quantitative estimate of drug-likeness (QED) is 0.355. The maximum absolute atomic E-state index is 11.7. The minimum atomic E-state index is -1.67. The molecule has 0 spiro atoms. The third kappa shape index (κ3) is 6.56. The highest BCUT2D eigenvalue weighted by molar-refractivity contribution is 5.98. The smallest absolute Gasteiger partial charge is 0.321 e. The van der Waals surface area contributed by atoms with Crippen LogP contribution >= 0.6 is 0 Å². The number of ether oxygens (including phenoxy) is 1. The van der Waals surface area contributed by atoms with E-state index in [2.05, 4.69) is 6.92 Å². The van der Waals surface area contributed by atoms with Crippen molar-refractivity contribution in [3.8, 4) is 5.75 Å². The Kier molecular flexibility index (Phi) is 8.14. The van der Waals surface area contributed by atoms with Gasteiger partial charge in [-0.1, -0.05) is 57.6 Å². The van der Waals surface area contributed by atoms with Gasteiger partial charge >= 0.3 is 11.9 Å². The number of hydrogen-bond acceptors (Lipinski definition) is 3. The van der Waals surface area contributed by atoms with E-state index in [0.29, 0.717) is 13.0 Å². The largest absolute Gasteiger partial charge is 0.494 e. The molecule has 1 fully saturated rings. The molecule has 0 aliphatic heterocycles. The first-order chi connectivity index (χ1) is 13.0. The van der Waals surface area contributed by atoms with Crippen LogP contribution in [-0.2, 0) is 16.0 Å². The number of carbonyl (C=O) groups is 2. The van der Waals surface area contributed by atoms with Crippen LogP contribution in [-0.4, -0.2) is 28.8 Å². The van der Waals surface area contributed by atoms with Crippen LogP contribution in [0.15, 0.2) is 24.3 Å². The van der Waals surface area contributed by atoms with E-state index < -0.39 is 17.4 Å². The Labute approximate surface area is 161 Å². The van der Waals surface area contributed by atoms with E-state index in [9.17, 15) is 19.8 Å². The number of rotatable bonds is 14. The molecule has 1 aliphatic carbocycles. The summed E-state index contributed by atoms with van der Waals surface area (Å²) < 4.78 is 5.74. The Morgan fingerprint density at radius 3 is 2.22 bits per heavy atom. The maximum atomic E-state index is 11.7. The van der Waals surface area contributed by atoms with Crippen molar-refractivity contribution in [2.24, 2.45) is 11.3 Å². The third-order valence-electron chi connectivity index (χ3n) is 5.43. The zero-order valence-corrected chi connectivity index (χ0v) is 16.3. The summed E-state index contributed by atoms with van der Waals surface area (Å²) in [5, 5.41) is 19.1. The summed E-state index contributed by atoms with van der Waals surface area (Å²) in [4.78, 5) is 23.4. The van der Waals surface area contributed by atoms with E-state index in [1.807, 2.05) is 24.3 Å². The second-order valence-electron chi connectivity index (χ2n) is 7.75. The number of aryl methyl sites for hydroxylation is 1. The van der Waals surface area contributed by atoms with Gasteiger partial charge in [0, 0.05) is 0 Å². The minimum Gasteiger partial charge on any atom is -0.494 e. The molecule has 1 aromatic carbocycles. The van der Waals surface area contributed by atoms with Gasteiger partial charge in [-0.2, -0.15) is 0 Å². The van der Waals surface area contributed by atoms with Crippen molar-refractivity contribution in [3.63, 3.8) is 0 Å². The van der Waals surface area contributed by atoms with Crippen LogP contribution in [0.2, 0.25) is 0 Å². The first-order valence-corrected chi connectivity index (χ1v) is 10.2. The summed E-state index contributed by atoms with van der Waals surface area (Å²) in [5.41, 5.74) is -0.734. The Bertz CT molecular complexity index is 590. The van der Waals surface area contributed by atoms with E-state index >= 15 is 0 Å². The highest BCUT2D eigenvalue weighted by atomic mass is 16.5. The summed E-state index contributed by atoms with van der Waals surface area (Å²) in [6.07, 6.45) is 8.62. The third-order valence-corrected chi connectivity index (χ3v) is 5.43. The molecule has 0 aromatic heterocycles. The van der Waals surface area contributed by atoms with Gasteiger partial charge in [0.2, 0.25) is 0 Å². The van der Waals surface area contributed by atoms with Gasteiger partial charge < -0.3 is 14.9 Å². The van der Waals surface area contributed by atoms with Gasteiger partial charge in [0.1, 0.15) is 5.75 Å². The Hall–Kier alpha value is -2.04. The van der Waals surface area contributed by atoms with Crippen molar-refractivity contribution in [2.75, 3.05) is 6.61 Å². The van der Waals surface area contributed by atoms with Gasteiger partial charge in [0.25, 0.3) is 0 Å². The monoisotopic (exact) mass is 376 g/mol. The predicted octanol–water partition coefficient (Wildman–Crippen LogP) is 4.92. The van der Waals surface area contributed by atoms with Crippen molar-refractivity contribution in [3.05, 3.63) is 29.8 Å². The molecule has 0 bridgehead atoms. The summed E-state index contributed by atoms with van der Waals surface area (Å²) in [6, 6.07) is 7.56. The van der Waals surface area contributed by atoms with E-state index in [1.165, 1.54) is 25.7 Å². The lowest BCUT2D eigenvalue weighted by Crippen LogP contribution is -2.40. The second kappa shape index (κ2) is 10.3. The standard InChI is InChI=1S/C22H32O5/c1-2-3-4-5-6-15-27-19-11-9-17(10-12-19)13-14-22(20(23)24,21(25)26)16-18-7-8-18/h9-12,18H,2-8,13-16H2,1H3,(H,23,24)(H,25,26). The van der Waals surface area contributed by atoms with E-state index in [-0.39, 0.29) is 18.8 Å². The van der Waals surface area contributed by atoms with Crippen molar-refractivity contribution in [1.82, 2.24) is 0 Å². The summed E-state index contributed by atoms with van der Waals surface area (Å²) in [5.74, 6) is -1.39. The first-order valence-electron chi connectivity index (χ1n) is 10.2. The molecule has 0 amide bonds. The molecular formula is C22H32O5. The van der Waals surface area contributed by atoms with Crippen LogP contribution in [0.4, 0.5) is 0 Å². The van der Waals surface area contributed by atoms with Crippen molar-refractivity contribution < 1.29 is 24.5 Å². The average Bonchev–Trinajstić information content (AvgIpc) is 3.46. The lowest BCUT2D eigenvalue weighted by Gasteiger charge is -2.25. The number of benzene rings is 1. The molecule has 0 unspecified atom stereocenters. The first kappa shape index (κ1) is 21.3. The molecule has 0 radical (unpaired) electrons. The van der Waals surface area contributed by atoms with Crippen molar-refractivity contribution in [1.29, 1.82) is 0 Å². The average molecular weight is 376 g/mol. The van der Waals surface area contributed by atoms with Crippen LogP contribution in [0.25, 0.3) is 0 Å².